The molecule has 0 aromatic heterocycles. The van der Waals surface area contributed by atoms with Crippen LogP contribution in [0, 0.1) is 0 Å². The highest BCUT2D eigenvalue weighted by molar-refractivity contribution is 5.83. The van der Waals surface area contributed by atoms with Crippen molar-refractivity contribution in [2.24, 2.45) is 0 Å². The molecule has 0 radical (unpaired) electrons. The second-order valence-electron chi connectivity index (χ2n) is 3.37. The maximum Gasteiger partial charge on any atom is 0.237 e. The number of carbonyl (C=O) groups is 2. The average molecular weight is 199 g/mol. The molecule has 1 fully saturated rings. The molecular formula is C9H17N3O2. The van der Waals surface area contributed by atoms with Crippen LogP contribution in [0.3, 0.4) is 0 Å². The molecule has 1 unspecified atom stereocenters. The molecule has 1 rings (SSSR count). The van der Waals surface area contributed by atoms with Gasteiger partial charge in [-0.3, -0.25) is 9.69 Å². The van der Waals surface area contributed by atoms with E-state index in [4.69, 9.17) is 0 Å². The van der Waals surface area contributed by atoms with E-state index >= 15 is 0 Å². The highest BCUT2D eigenvalue weighted by Crippen LogP contribution is 2.00. The number of aldehydes is 1. The number of carbonyl (C=O) groups excluding carboxylic acids is 2. The second-order valence-corrected chi connectivity index (χ2v) is 3.37. The van der Waals surface area contributed by atoms with Crippen molar-refractivity contribution in [1.29, 1.82) is 0 Å². The van der Waals surface area contributed by atoms with Gasteiger partial charge in [0.2, 0.25) is 5.91 Å². The van der Waals surface area contributed by atoms with Crippen molar-refractivity contribution >= 4 is 12.2 Å². The van der Waals surface area contributed by atoms with E-state index in [1.807, 2.05) is 6.92 Å². The van der Waals surface area contributed by atoms with Crippen molar-refractivity contribution in [3.05, 3.63) is 0 Å². The molecule has 1 aliphatic rings. The van der Waals surface area contributed by atoms with Gasteiger partial charge in [-0.2, -0.15) is 0 Å². The lowest BCUT2D eigenvalue weighted by Crippen LogP contribution is -2.52. The molecule has 1 saturated heterocycles. The molecule has 0 aromatic rings. The van der Waals surface area contributed by atoms with Crippen molar-refractivity contribution in [1.82, 2.24) is 15.5 Å². The molecular weight excluding hydrogens is 182 g/mol. The summed E-state index contributed by atoms with van der Waals surface area (Å²) in [4.78, 5) is 23.6. The van der Waals surface area contributed by atoms with Gasteiger partial charge < -0.3 is 15.4 Å². The van der Waals surface area contributed by atoms with Crippen molar-refractivity contribution in [3.63, 3.8) is 0 Å². The van der Waals surface area contributed by atoms with Gasteiger partial charge in [0.15, 0.2) is 0 Å². The third kappa shape index (κ3) is 3.08. The van der Waals surface area contributed by atoms with Gasteiger partial charge >= 0.3 is 0 Å². The lowest BCUT2D eigenvalue weighted by molar-refractivity contribution is -0.127. The van der Waals surface area contributed by atoms with Crippen molar-refractivity contribution in [2.45, 2.75) is 13.0 Å². The second kappa shape index (κ2) is 5.72. The Labute approximate surface area is 83.8 Å². The molecule has 0 aromatic carbocycles. The van der Waals surface area contributed by atoms with Crippen LogP contribution < -0.4 is 10.6 Å². The van der Waals surface area contributed by atoms with Gasteiger partial charge in [-0.05, 0) is 6.92 Å². The van der Waals surface area contributed by atoms with Gasteiger partial charge in [-0.25, -0.2) is 0 Å². The molecule has 0 spiro atoms. The van der Waals surface area contributed by atoms with Gasteiger partial charge in [0.25, 0.3) is 0 Å². The highest BCUT2D eigenvalue weighted by atomic mass is 16.2. The lowest BCUT2D eigenvalue weighted by Gasteiger charge is -2.31. The molecule has 2 N–H and O–H groups in total. The standard InChI is InChI=1S/C9H17N3O2/c1-8(9(14)11-4-7-13)12-5-2-10-3-6-12/h7-8,10H,2-6H2,1H3,(H,11,14). The maximum absolute atomic E-state index is 11.5. The van der Waals surface area contributed by atoms with E-state index in [9.17, 15) is 9.59 Å². The molecule has 1 aliphatic heterocycles. The number of hydrogen-bond acceptors (Lipinski definition) is 4. The topological polar surface area (TPSA) is 61.4 Å². The smallest absolute Gasteiger partial charge is 0.237 e. The minimum Gasteiger partial charge on any atom is -0.348 e. The monoisotopic (exact) mass is 199 g/mol. The van der Waals surface area contributed by atoms with E-state index in [-0.39, 0.29) is 18.5 Å². The summed E-state index contributed by atoms with van der Waals surface area (Å²) in [7, 11) is 0. The summed E-state index contributed by atoms with van der Waals surface area (Å²) in [5, 5.41) is 5.78. The predicted octanol–water partition coefficient (Wildman–Crippen LogP) is -1.40. The van der Waals surface area contributed by atoms with Crippen LogP contribution in [-0.4, -0.2) is 55.9 Å². The Morgan fingerprint density at radius 3 is 2.79 bits per heavy atom. The molecule has 0 aliphatic carbocycles. The number of amides is 1. The Bertz CT molecular complexity index is 202. The van der Waals surface area contributed by atoms with Crippen molar-refractivity contribution in [3.8, 4) is 0 Å². The molecule has 5 heteroatoms. The van der Waals surface area contributed by atoms with Crippen molar-refractivity contribution in [2.75, 3.05) is 32.7 Å². The molecule has 1 atom stereocenters. The number of hydrogen-bond donors (Lipinski definition) is 2. The van der Waals surface area contributed by atoms with E-state index in [1.165, 1.54) is 0 Å². The van der Waals surface area contributed by atoms with Crippen LogP contribution in [0.15, 0.2) is 0 Å². The summed E-state index contributed by atoms with van der Waals surface area (Å²) < 4.78 is 0. The van der Waals surface area contributed by atoms with Crippen molar-refractivity contribution < 1.29 is 9.59 Å². The Kier molecular flexibility index (Phi) is 4.55. The summed E-state index contributed by atoms with van der Waals surface area (Å²) in [6.07, 6.45) is 0.697. The van der Waals surface area contributed by atoms with Gasteiger partial charge in [0.1, 0.15) is 6.29 Å². The Balaban J connectivity index is 2.33. The third-order valence-electron chi connectivity index (χ3n) is 2.44. The van der Waals surface area contributed by atoms with Crippen LogP contribution >= 0.6 is 0 Å². The predicted molar refractivity (Wildman–Crippen MR) is 53.0 cm³/mol. The molecule has 14 heavy (non-hydrogen) atoms. The van der Waals surface area contributed by atoms with Gasteiger partial charge in [-0.1, -0.05) is 0 Å². The zero-order valence-electron chi connectivity index (χ0n) is 8.45. The first-order valence-electron chi connectivity index (χ1n) is 4.92. The minimum absolute atomic E-state index is 0.0704. The van der Waals surface area contributed by atoms with E-state index in [0.717, 1.165) is 26.2 Å². The maximum atomic E-state index is 11.5. The van der Waals surface area contributed by atoms with E-state index < -0.39 is 0 Å². The fraction of sp³-hybridized carbons (Fsp3) is 0.778. The summed E-state index contributed by atoms with van der Waals surface area (Å²) in [6, 6.07) is -0.142. The van der Waals surface area contributed by atoms with Crippen LogP contribution in [0.4, 0.5) is 0 Å². The third-order valence-corrected chi connectivity index (χ3v) is 2.44. The number of nitrogens with one attached hydrogen (secondary N) is 2. The lowest BCUT2D eigenvalue weighted by atomic mass is 10.2. The fourth-order valence-corrected chi connectivity index (χ4v) is 1.53. The van der Waals surface area contributed by atoms with E-state index in [1.54, 1.807) is 0 Å². The number of rotatable bonds is 4. The SMILES string of the molecule is CC(C(=O)NCC=O)N1CCNCC1. The summed E-state index contributed by atoms with van der Waals surface area (Å²) in [5.74, 6) is -0.0704. The Hall–Kier alpha value is -0.940. The first-order valence-corrected chi connectivity index (χ1v) is 4.92. The van der Waals surface area contributed by atoms with Crippen LogP contribution in [0.5, 0.6) is 0 Å². The van der Waals surface area contributed by atoms with Gasteiger partial charge in [-0.15, -0.1) is 0 Å². The first kappa shape index (κ1) is 11.1. The Morgan fingerprint density at radius 1 is 1.57 bits per heavy atom. The molecule has 0 bridgehead atoms. The molecule has 0 saturated carbocycles. The van der Waals surface area contributed by atoms with Crippen LogP contribution in [0.25, 0.3) is 0 Å². The van der Waals surface area contributed by atoms with Crippen LogP contribution in [-0.2, 0) is 9.59 Å². The quantitative estimate of drug-likeness (QED) is 0.546. The minimum atomic E-state index is -0.142. The Morgan fingerprint density at radius 2 is 2.21 bits per heavy atom. The summed E-state index contributed by atoms with van der Waals surface area (Å²) in [5.41, 5.74) is 0. The molecule has 80 valence electrons. The molecule has 1 heterocycles. The average Bonchev–Trinajstić information content (AvgIpc) is 2.26. The van der Waals surface area contributed by atoms with Gasteiger partial charge in [0.05, 0.1) is 12.6 Å². The van der Waals surface area contributed by atoms with Crippen LogP contribution in [0.2, 0.25) is 0 Å². The van der Waals surface area contributed by atoms with E-state index in [2.05, 4.69) is 15.5 Å². The highest BCUT2D eigenvalue weighted by Gasteiger charge is 2.21. The largest absolute Gasteiger partial charge is 0.348 e. The van der Waals surface area contributed by atoms with Gasteiger partial charge in [0, 0.05) is 26.2 Å². The first-order chi connectivity index (χ1) is 6.75. The van der Waals surface area contributed by atoms with Crippen LogP contribution in [0.1, 0.15) is 6.92 Å². The van der Waals surface area contributed by atoms with E-state index in [0.29, 0.717) is 6.29 Å². The summed E-state index contributed by atoms with van der Waals surface area (Å²) in [6.45, 7) is 5.59. The molecule has 1 amide bonds. The zero-order valence-corrected chi connectivity index (χ0v) is 8.45. The normalized spacial score (nSPS) is 20.1. The molecule has 5 nitrogen and oxygen atoms in total. The number of piperazine rings is 1. The summed E-state index contributed by atoms with van der Waals surface area (Å²) >= 11 is 0. The number of nitrogens with zero attached hydrogens (tertiary/aromatic N) is 1. The zero-order chi connectivity index (χ0) is 10.4. The fourth-order valence-electron chi connectivity index (χ4n) is 1.53.